The molecule has 32 heavy (non-hydrogen) atoms. The highest BCUT2D eigenvalue weighted by atomic mass is 16.5. The maximum atomic E-state index is 12.8. The van der Waals surface area contributed by atoms with Crippen LogP contribution >= 0.6 is 0 Å². The number of hydrogen-bond acceptors (Lipinski definition) is 4. The third-order valence-electron chi connectivity index (χ3n) is 5.68. The Bertz CT molecular complexity index is 895. The molecule has 1 aliphatic rings. The van der Waals surface area contributed by atoms with Crippen molar-refractivity contribution < 1.29 is 19.1 Å². The summed E-state index contributed by atoms with van der Waals surface area (Å²) in [5.74, 6) is 1.72. The Hall–Kier alpha value is -3.02. The second-order valence-corrected chi connectivity index (χ2v) is 8.63. The van der Waals surface area contributed by atoms with Gasteiger partial charge in [0.05, 0.1) is 19.3 Å². The van der Waals surface area contributed by atoms with Crippen LogP contribution in [0.4, 0.5) is 0 Å². The Morgan fingerprint density at radius 3 is 2.59 bits per heavy atom. The van der Waals surface area contributed by atoms with Crippen LogP contribution in [0.5, 0.6) is 11.5 Å². The summed E-state index contributed by atoms with van der Waals surface area (Å²) < 4.78 is 11.2. The predicted octanol–water partition coefficient (Wildman–Crippen LogP) is 4.08. The van der Waals surface area contributed by atoms with Gasteiger partial charge in [-0.15, -0.1) is 0 Å². The van der Waals surface area contributed by atoms with E-state index in [-0.39, 0.29) is 23.8 Å². The van der Waals surface area contributed by atoms with Crippen LogP contribution in [0.1, 0.15) is 49.0 Å². The van der Waals surface area contributed by atoms with Crippen LogP contribution in [0.2, 0.25) is 0 Å². The molecule has 1 saturated heterocycles. The number of rotatable bonds is 9. The molecule has 2 amide bonds. The Labute approximate surface area is 190 Å². The molecule has 0 aromatic heterocycles. The van der Waals surface area contributed by atoms with Crippen molar-refractivity contribution in [1.29, 1.82) is 0 Å². The van der Waals surface area contributed by atoms with Gasteiger partial charge >= 0.3 is 0 Å². The van der Waals surface area contributed by atoms with Crippen molar-refractivity contribution in [2.24, 2.45) is 5.92 Å². The van der Waals surface area contributed by atoms with E-state index >= 15 is 0 Å². The molecule has 1 fully saturated rings. The number of piperidine rings is 1. The van der Waals surface area contributed by atoms with Crippen molar-refractivity contribution in [3.63, 3.8) is 0 Å². The van der Waals surface area contributed by atoms with Crippen LogP contribution in [-0.2, 0) is 11.2 Å². The summed E-state index contributed by atoms with van der Waals surface area (Å²) in [6, 6.07) is 15.2. The van der Waals surface area contributed by atoms with Crippen LogP contribution in [0.25, 0.3) is 0 Å². The molecule has 1 aliphatic heterocycles. The minimum absolute atomic E-state index is 0.0615. The number of likely N-dealkylation sites (tertiary alicyclic amines) is 1. The molecule has 172 valence electrons. The first-order valence-electron chi connectivity index (χ1n) is 11.4. The zero-order chi connectivity index (χ0) is 22.9. The Kier molecular flexibility index (Phi) is 8.54. The molecule has 0 radical (unpaired) electrons. The van der Waals surface area contributed by atoms with Gasteiger partial charge in [-0.2, -0.15) is 0 Å². The van der Waals surface area contributed by atoms with Crippen LogP contribution in [0.15, 0.2) is 48.5 Å². The molecule has 6 nitrogen and oxygen atoms in total. The lowest BCUT2D eigenvalue weighted by Crippen LogP contribution is -2.41. The van der Waals surface area contributed by atoms with Crippen molar-refractivity contribution in [2.45, 2.75) is 45.6 Å². The van der Waals surface area contributed by atoms with Crippen LogP contribution < -0.4 is 14.8 Å². The minimum atomic E-state index is -0.130. The average molecular weight is 439 g/mol. The predicted molar refractivity (Wildman–Crippen MR) is 125 cm³/mol. The molecular formula is C26H34N2O4. The van der Waals surface area contributed by atoms with Crippen LogP contribution in [0.3, 0.4) is 0 Å². The lowest BCUT2D eigenvalue weighted by Gasteiger charge is -2.33. The Balaban J connectivity index is 1.50. The number of ether oxygens (including phenoxy) is 2. The fourth-order valence-electron chi connectivity index (χ4n) is 3.96. The van der Waals surface area contributed by atoms with E-state index in [1.807, 2.05) is 61.2 Å². The van der Waals surface area contributed by atoms with Gasteiger partial charge in [0.1, 0.15) is 11.5 Å². The van der Waals surface area contributed by atoms with E-state index in [9.17, 15) is 9.59 Å². The summed E-state index contributed by atoms with van der Waals surface area (Å²) in [5, 5.41) is 2.91. The van der Waals surface area contributed by atoms with Crippen molar-refractivity contribution in [3.05, 3.63) is 59.7 Å². The monoisotopic (exact) mass is 438 g/mol. The van der Waals surface area contributed by atoms with E-state index in [0.717, 1.165) is 37.1 Å². The van der Waals surface area contributed by atoms with Gasteiger partial charge in [0.15, 0.2) is 0 Å². The number of nitrogens with one attached hydrogen (secondary N) is 1. The molecule has 2 aromatic rings. The largest absolute Gasteiger partial charge is 0.497 e. The number of amides is 2. The zero-order valence-electron chi connectivity index (χ0n) is 19.3. The van der Waals surface area contributed by atoms with Gasteiger partial charge in [-0.1, -0.05) is 24.3 Å². The summed E-state index contributed by atoms with van der Waals surface area (Å²) in [4.78, 5) is 27.2. The van der Waals surface area contributed by atoms with Crippen molar-refractivity contribution >= 4 is 11.8 Å². The number of benzene rings is 2. The quantitative estimate of drug-likeness (QED) is 0.641. The highest BCUT2D eigenvalue weighted by Gasteiger charge is 2.24. The van der Waals surface area contributed by atoms with Gasteiger partial charge < -0.3 is 19.7 Å². The fourth-order valence-corrected chi connectivity index (χ4v) is 3.96. The zero-order valence-corrected chi connectivity index (χ0v) is 19.3. The summed E-state index contributed by atoms with van der Waals surface area (Å²) in [6.45, 7) is 5.86. The summed E-state index contributed by atoms with van der Waals surface area (Å²) >= 11 is 0. The van der Waals surface area contributed by atoms with Gasteiger partial charge in [-0.25, -0.2) is 0 Å². The normalized spacial score (nSPS) is 16.0. The number of para-hydroxylation sites is 1. The fraction of sp³-hybridized carbons (Fsp3) is 0.462. The molecule has 1 atom stereocenters. The molecule has 2 aromatic carbocycles. The third-order valence-corrected chi connectivity index (χ3v) is 5.68. The standard InChI is InChI=1S/C26H34N2O4/c1-19(2)27-26(30)23-8-4-5-9-24(23)32-18-21-7-6-16-28(17-21)25(29)15-12-20-10-13-22(31-3)14-11-20/h4-5,8-11,13-14,19,21H,6-7,12,15-18H2,1-3H3,(H,27,30). The van der Waals surface area contributed by atoms with Gasteiger partial charge in [0, 0.05) is 31.5 Å². The summed E-state index contributed by atoms with van der Waals surface area (Å²) in [7, 11) is 1.65. The maximum Gasteiger partial charge on any atom is 0.255 e. The van der Waals surface area contributed by atoms with Gasteiger partial charge in [-0.3, -0.25) is 9.59 Å². The molecule has 0 bridgehead atoms. The molecule has 1 heterocycles. The Morgan fingerprint density at radius 2 is 1.88 bits per heavy atom. The molecule has 3 rings (SSSR count). The van der Waals surface area contributed by atoms with E-state index in [1.165, 1.54) is 0 Å². The highest BCUT2D eigenvalue weighted by molar-refractivity contribution is 5.97. The number of methoxy groups -OCH3 is 1. The van der Waals surface area contributed by atoms with Gasteiger partial charge in [0.25, 0.3) is 5.91 Å². The van der Waals surface area contributed by atoms with Gasteiger partial charge in [-0.05, 0) is 62.9 Å². The maximum absolute atomic E-state index is 12.8. The van der Waals surface area contributed by atoms with Crippen LogP contribution in [-0.4, -0.2) is 49.6 Å². The molecular weight excluding hydrogens is 404 g/mol. The van der Waals surface area contributed by atoms with Crippen LogP contribution in [0, 0.1) is 5.92 Å². The van der Waals surface area contributed by atoms with Gasteiger partial charge in [0.2, 0.25) is 5.91 Å². The molecule has 0 spiro atoms. The van der Waals surface area contributed by atoms with Crippen molar-refractivity contribution in [3.8, 4) is 11.5 Å². The number of carbonyl (C=O) groups is 2. The second kappa shape index (κ2) is 11.6. The summed E-state index contributed by atoms with van der Waals surface area (Å²) in [6.07, 6.45) is 3.21. The van der Waals surface area contributed by atoms with Crippen molar-refractivity contribution in [2.75, 3.05) is 26.8 Å². The molecule has 1 N–H and O–H groups in total. The number of aryl methyl sites for hydroxylation is 1. The lowest BCUT2D eigenvalue weighted by molar-refractivity contribution is -0.133. The van der Waals surface area contributed by atoms with E-state index in [2.05, 4.69) is 5.32 Å². The van der Waals surface area contributed by atoms with E-state index < -0.39 is 0 Å². The highest BCUT2D eigenvalue weighted by Crippen LogP contribution is 2.23. The molecule has 1 unspecified atom stereocenters. The SMILES string of the molecule is COc1ccc(CCC(=O)N2CCCC(COc3ccccc3C(=O)NC(C)C)C2)cc1. The third kappa shape index (κ3) is 6.74. The number of carbonyl (C=O) groups excluding carboxylic acids is 2. The average Bonchev–Trinajstić information content (AvgIpc) is 2.81. The first kappa shape index (κ1) is 23.6. The smallest absolute Gasteiger partial charge is 0.255 e. The number of nitrogens with zero attached hydrogens (tertiary/aromatic N) is 1. The second-order valence-electron chi connectivity index (χ2n) is 8.63. The first-order valence-corrected chi connectivity index (χ1v) is 11.4. The van der Waals surface area contributed by atoms with E-state index in [0.29, 0.717) is 30.9 Å². The van der Waals surface area contributed by atoms with E-state index in [1.54, 1.807) is 13.2 Å². The molecule has 0 aliphatic carbocycles. The minimum Gasteiger partial charge on any atom is -0.497 e. The first-order chi connectivity index (χ1) is 15.5. The molecule has 0 saturated carbocycles. The topological polar surface area (TPSA) is 67.9 Å². The van der Waals surface area contributed by atoms with Crippen molar-refractivity contribution in [1.82, 2.24) is 10.2 Å². The lowest BCUT2D eigenvalue weighted by atomic mass is 9.98. The number of hydrogen-bond donors (Lipinski definition) is 1. The van der Waals surface area contributed by atoms with E-state index in [4.69, 9.17) is 9.47 Å². The Morgan fingerprint density at radius 1 is 1.12 bits per heavy atom. The summed E-state index contributed by atoms with van der Waals surface area (Å²) in [5.41, 5.74) is 1.68. The molecule has 6 heteroatoms.